The molecule has 0 bridgehead atoms. The Labute approximate surface area is 62.2 Å². The Bertz CT molecular complexity index is 77.3. The maximum Gasteiger partial charge on any atom is 0.0576 e. The number of hydrogen-bond acceptors (Lipinski definition) is 2. The summed E-state index contributed by atoms with van der Waals surface area (Å²) in [6.45, 7) is 1.27. The molecule has 0 radical (unpaired) electrons. The van der Waals surface area contributed by atoms with E-state index >= 15 is 0 Å². The van der Waals surface area contributed by atoms with E-state index < -0.39 is 0 Å². The van der Waals surface area contributed by atoms with Crippen molar-refractivity contribution in [2.24, 2.45) is 0 Å². The van der Waals surface area contributed by atoms with Crippen molar-refractivity contribution in [3.05, 3.63) is 0 Å². The van der Waals surface area contributed by atoms with Crippen molar-refractivity contribution in [3.8, 4) is 0 Å². The second-order valence-electron chi connectivity index (χ2n) is 2.85. The smallest absolute Gasteiger partial charge is 0.0576 e. The summed E-state index contributed by atoms with van der Waals surface area (Å²) in [5, 5.41) is 8.50. The van der Waals surface area contributed by atoms with E-state index in [4.69, 9.17) is 9.84 Å². The molecule has 0 aromatic rings. The average Bonchev–Trinajstić information content (AvgIpc) is 2.41. The molecular weight excluding hydrogens is 128 g/mol. The molecule has 0 spiro atoms. The topological polar surface area (TPSA) is 29.5 Å². The third kappa shape index (κ3) is 2.67. The first-order chi connectivity index (χ1) is 4.93. The maximum atomic E-state index is 8.50. The van der Waals surface area contributed by atoms with E-state index in [0.29, 0.717) is 12.7 Å². The maximum absolute atomic E-state index is 8.50. The van der Waals surface area contributed by atoms with Crippen LogP contribution in [0, 0.1) is 0 Å². The molecule has 1 fully saturated rings. The Kier molecular flexibility index (Phi) is 3.76. The lowest BCUT2D eigenvalue weighted by Gasteiger charge is -2.06. The van der Waals surface area contributed by atoms with Crippen LogP contribution >= 0.6 is 0 Å². The van der Waals surface area contributed by atoms with Gasteiger partial charge in [-0.2, -0.15) is 0 Å². The Morgan fingerprint density at radius 1 is 1.40 bits per heavy atom. The van der Waals surface area contributed by atoms with E-state index in [1.807, 2.05) is 0 Å². The normalized spacial score (nSPS) is 25.5. The lowest BCUT2D eigenvalue weighted by atomic mass is 10.1. The van der Waals surface area contributed by atoms with E-state index in [9.17, 15) is 0 Å². The molecule has 1 atom stereocenters. The summed E-state index contributed by atoms with van der Waals surface area (Å²) in [4.78, 5) is 0. The van der Waals surface area contributed by atoms with Gasteiger partial charge in [0.15, 0.2) is 0 Å². The molecule has 1 rings (SSSR count). The fourth-order valence-corrected chi connectivity index (χ4v) is 1.36. The minimum atomic E-state index is 0.326. The Balaban J connectivity index is 1.91. The molecule has 1 saturated heterocycles. The number of hydrogen-bond donors (Lipinski definition) is 1. The molecule has 1 N–H and O–H groups in total. The molecule has 2 heteroatoms. The zero-order valence-electron chi connectivity index (χ0n) is 6.38. The van der Waals surface area contributed by atoms with Gasteiger partial charge in [0.05, 0.1) is 6.10 Å². The Morgan fingerprint density at radius 2 is 2.30 bits per heavy atom. The van der Waals surface area contributed by atoms with Gasteiger partial charge in [0.25, 0.3) is 0 Å². The predicted octanol–water partition coefficient (Wildman–Crippen LogP) is 1.33. The van der Waals surface area contributed by atoms with E-state index in [-0.39, 0.29) is 0 Å². The first-order valence-electron chi connectivity index (χ1n) is 4.16. The highest BCUT2D eigenvalue weighted by atomic mass is 16.5. The molecule has 0 aliphatic carbocycles. The van der Waals surface area contributed by atoms with Crippen LogP contribution < -0.4 is 0 Å². The van der Waals surface area contributed by atoms with Gasteiger partial charge in [0, 0.05) is 13.2 Å². The van der Waals surface area contributed by atoms with Gasteiger partial charge in [0.1, 0.15) is 0 Å². The molecule has 0 unspecified atom stereocenters. The molecule has 60 valence electrons. The molecular formula is C8H16O2. The zero-order chi connectivity index (χ0) is 7.23. The second kappa shape index (κ2) is 4.69. The van der Waals surface area contributed by atoms with Crippen LogP contribution in [0.3, 0.4) is 0 Å². The molecule has 10 heavy (non-hydrogen) atoms. The van der Waals surface area contributed by atoms with Crippen LogP contribution in [-0.2, 0) is 4.74 Å². The molecule has 0 aromatic carbocycles. The SMILES string of the molecule is OCCCC[C@@H]1CCCO1. The summed E-state index contributed by atoms with van der Waals surface area (Å²) in [7, 11) is 0. The molecule has 1 aliphatic rings. The second-order valence-corrected chi connectivity index (χ2v) is 2.85. The largest absolute Gasteiger partial charge is 0.396 e. The molecule has 1 heterocycles. The molecule has 0 saturated carbocycles. The van der Waals surface area contributed by atoms with Gasteiger partial charge >= 0.3 is 0 Å². The van der Waals surface area contributed by atoms with Crippen LogP contribution in [0.2, 0.25) is 0 Å². The quantitative estimate of drug-likeness (QED) is 0.603. The molecule has 1 aliphatic heterocycles. The number of rotatable bonds is 4. The molecule has 0 aromatic heterocycles. The van der Waals surface area contributed by atoms with Crippen molar-refractivity contribution in [1.29, 1.82) is 0 Å². The summed E-state index contributed by atoms with van der Waals surface area (Å²) in [6.07, 6.45) is 6.14. The first kappa shape index (κ1) is 8.02. The van der Waals surface area contributed by atoms with E-state index in [0.717, 1.165) is 25.9 Å². The monoisotopic (exact) mass is 144 g/mol. The minimum Gasteiger partial charge on any atom is -0.396 e. The fourth-order valence-electron chi connectivity index (χ4n) is 1.36. The summed E-state index contributed by atoms with van der Waals surface area (Å²) in [5.74, 6) is 0. The summed E-state index contributed by atoms with van der Waals surface area (Å²) >= 11 is 0. The van der Waals surface area contributed by atoms with Gasteiger partial charge in [-0.05, 0) is 32.1 Å². The summed E-state index contributed by atoms with van der Waals surface area (Å²) in [5.41, 5.74) is 0. The summed E-state index contributed by atoms with van der Waals surface area (Å²) < 4.78 is 5.42. The van der Waals surface area contributed by atoms with Crippen LogP contribution in [0.25, 0.3) is 0 Å². The van der Waals surface area contributed by atoms with Crippen LogP contribution in [0.15, 0.2) is 0 Å². The minimum absolute atomic E-state index is 0.326. The first-order valence-corrected chi connectivity index (χ1v) is 4.16. The predicted molar refractivity (Wildman–Crippen MR) is 39.9 cm³/mol. The number of aliphatic hydroxyl groups excluding tert-OH is 1. The third-order valence-corrected chi connectivity index (χ3v) is 1.96. The van der Waals surface area contributed by atoms with Gasteiger partial charge in [-0.25, -0.2) is 0 Å². The average molecular weight is 144 g/mol. The summed E-state index contributed by atoms with van der Waals surface area (Å²) in [6, 6.07) is 0. The zero-order valence-corrected chi connectivity index (χ0v) is 6.38. The van der Waals surface area contributed by atoms with Gasteiger partial charge in [0.2, 0.25) is 0 Å². The number of unbranched alkanes of at least 4 members (excludes halogenated alkanes) is 1. The molecule has 2 nitrogen and oxygen atoms in total. The third-order valence-electron chi connectivity index (χ3n) is 1.96. The lowest BCUT2D eigenvalue weighted by molar-refractivity contribution is 0.100. The van der Waals surface area contributed by atoms with Gasteiger partial charge in [-0.15, -0.1) is 0 Å². The number of ether oxygens (including phenoxy) is 1. The van der Waals surface area contributed by atoms with Crippen LogP contribution in [0.5, 0.6) is 0 Å². The van der Waals surface area contributed by atoms with Crippen LogP contribution in [0.1, 0.15) is 32.1 Å². The van der Waals surface area contributed by atoms with Gasteiger partial charge in [-0.3, -0.25) is 0 Å². The van der Waals surface area contributed by atoms with E-state index in [2.05, 4.69) is 0 Å². The Morgan fingerprint density at radius 3 is 2.90 bits per heavy atom. The number of aliphatic hydroxyl groups is 1. The van der Waals surface area contributed by atoms with Gasteiger partial charge in [-0.1, -0.05) is 0 Å². The van der Waals surface area contributed by atoms with E-state index in [1.54, 1.807) is 0 Å². The highest BCUT2D eigenvalue weighted by Crippen LogP contribution is 2.17. The fraction of sp³-hybridized carbons (Fsp3) is 1.00. The van der Waals surface area contributed by atoms with Crippen molar-refractivity contribution in [2.45, 2.75) is 38.2 Å². The van der Waals surface area contributed by atoms with Crippen molar-refractivity contribution < 1.29 is 9.84 Å². The van der Waals surface area contributed by atoms with Crippen LogP contribution in [-0.4, -0.2) is 24.4 Å². The van der Waals surface area contributed by atoms with Gasteiger partial charge < -0.3 is 9.84 Å². The molecule has 0 amide bonds. The van der Waals surface area contributed by atoms with Crippen molar-refractivity contribution >= 4 is 0 Å². The lowest BCUT2D eigenvalue weighted by Crippen LogP contribution is -2.04. The van der Waals surface area contributed by atoms with Crippen molar-refractivity contribution in [1.82, 2.24) is 0 Å². The highest BCUT2D eigenvalue weighted by Gasteiger charge is 2.13. The Hall–Kier alpha value is -0.0800. The van der Waals surface area contributed by atoms with Crippen molar-refractivity contribution in [2.75, 3.05) is 13.2 Å². The standard InChI is InChI=1S/C8H16O2/c9-6-2-1-4-8-5-3-7-10-8/h8-9H,1-7H2/t8-/m1/s1. The highest BCUT2D eigenvalue weighted by molar-refractivity contribution is 4.64. The van der Waals surface area contributed by atoms with Crippen molar-refractivity contribution in [3.63, 3.8) is 0 Å². The van der Waals surface area contributed by atoms with Crippen LogP contribution in [0.4, 0.5) is 0 Å². The van der Waals surface area contributed by atoms with E-state index in [1.165, 1.54) is 12.8 Å².